The molecule has 0 unspecified atom stereocenters. The van der Waals surface area contributed by atoms with Gasteiger partial charge in [-0.3, -0.25) is 0 Å². The molecule has 0 saturated heterocycles. The molecule has 0 aliphatic carbocycles. The first-order chi connectivity index (χ1) is 10.2. The van der Waals surface area contributed by atoms with Crippen molar-refractivity contribution < 1.29 is 8.96 Å². The largest absolute Gasteiger partial charge is 0.219 e. The van der Waals surface area contributed by atoms with Crippen LogP contribution < -0.4 is 4.57 Å². The second-order valence-electron chi connectivity index (χ2n) is 5.11. The maximum Gasteiger partial charge on any atom is 0.214 e. The molecule has 0 aliphatic rings. The van der Waals surface area contributed by atoms with Gasteiger partial charge in [0.2, 0.25) is 5.69 Å². The Kier molecular flexibility index (Phi) is 2.59. The van der Waals surface area contributed by atoms with Crippen LogP contribution in [0.15, 0.2) is 42.7 Å². The van der Waals surface area contributed by atoms with Gasteiger partial charge in [0.1, 0.15) is 17.4 Å². The number of aromatic nitrogens is 3. The summed E-state index contributed by atoms with van der Waals surface area (Å²) in [5, 5.41) is 4.23. The van der Waals surface area contributed by atoms with E-state index in [0.29, 0.717) is 5.52 Å². The number of hydrogen-bond donors (Lipinski definition) is 0. The Bertz CT molecular complexity index is 984. The van der Waals surface area contributed by atoms with Gasteiger partial charge in [0, 0.05) is 12.1 Å². The Morgan fingerprint density at radius 1 is 1.29 bits per heavy atom. The Balaban J connectivity index is 2.21. The third-order valence-corrected chi connectivity index (χ3v) is 4.86. The average molecular weight is 298 g/mol. The van der Waals surface area contributed by atoms with Gasteiger partial charge in [-0.05, 0) is 30.7 Å². The van der Waals surface area contributed by atoms with Crippen molar-refractivity contribution in [2.75, 3.05) is 0 Å². The molecule has 0 saturated carbocycles. The fourth-order valence-electron chi connectivity index (χ4n) is 2.78. The minimum atomic E-state index is -0.222. The minimum absolute atomic E-state index is 0.222. The lowest BCUT2D eigenvalue weighted by Gasteiger charge is -2.06. The molecule has 104 valence electrons. The molecule has 0 radical (unpaired) electrons. The molecule has 0 aliphatic heterocycles. The predicted molar refractivity (Wildman–Crippen MR) is 81.9 cm³/mol. The molecule has 3 aromatic heterocycles. The Morgan fingerprint density at radius 3 is 2.95 bits per heavy atom. The Labute approximate surface area is 124 Å². The number of aryl methyl sites for hydroxylation is 2. The van der Waals surface area contributed by atoms with Crippen molar-refractivity contribution in [2.45, 2.75) is 6.92 Å². The summed E-state index contributed by atoms with van der Waals surface area (Å²) < 4.78 is 19.1. The fraction of sp³-hybridized carbons (Fsp3) is 0.125. The molecule has 0 N–H and O–H groups in total. The predicted octanol–water partition coefficient (Wildman–Crippen LogP) is 3.49. The normalized spacial score (nSPS) is 11.6. The molecule has 4 rings (SSSR count). The molecular formula is C16H13FN3S+. The van der Waals surface area contributed by atoms with Crippen LogP contribution in [0.5, 0.6) is 0 Å². The van der Waals surface area contributed by atoms with Crippen LogP contribution in [-0.4, -0.2) is 9.61 Å². The van der Waals surface area contributed by atoms with Gasteiger partial charge >= 0.3 is 0 Å². The topological polar surface area (TPSA) is 21.2 Å². The highest BCUT2D eigenvalue weighted by Crippen LogP contribution is 2.37. The highest BCUT2D eigenvalue weighted by molar-refractivity contribution is 7.24. The van der Waals surface area contributed by atoms with Gasteiger partial charge in [-0.1, -0.05) is 0 Å². The molecule has 21 heavy (non-hydrogen) atoms. The number of rotatable bonds is 1. The van der Waals surface area contributed by atoms with Crippen molar-refractivity contribution in [2.24, 2.45) is 7.05 Å². The zero-order valence-corrected chi connectivity index (χ0v) is 12.5. The lowest BCUT2D eigenvalue weighted by Crippen LogP contribution is -2.30. The van der Waals surface area contributed by atoms with Crippen molar-refractivity contribution in [1.82, 2.24) is 9.61 Å². The van der Waals surface area contributed by atoms with Gasteiger partial charge in [-0.2, -0.15) is 5.10 Å². The number of benzene rings is 1. The lowest BCUT2D eigenvalue weighted by atomic mass is 10.0. The summed E-state index contributed by atoms with van der Waals surface area (Å²) in [6.45, 7) is 1.95. The lowest BCUT2D eigenvalue weighted by molar-refractivity contribution is -0.660. The second-order valence-corrected chi connectivity index (χ2v) is 6.14. The molecule has 0 amide bonds. The van der Waals surface area contributed by atoms with E-state index < -0.39 is 0 Å². The van der Waals surface area contributed by atoms with Gasteiger partial charge in [0.15, 0.2) is 12.0 Å². The standard InChI is InChI=1S/C16H13FN3S/c1-10-9-11(17)15-16(21-13-6-7-18-20(13)15)14(10)12-5-3-4-8-19(12)2/h3-9H,1-2H3/q+1. The maximum absolute atomic E-state index is 14.4. The first-order valence-corrected chi connectivity index (χ1v) is 7.49. The smallest absolute Gasteiger partial charge is 0.214 e. The number of halogens is 1. The third-order valence-electron chi connectivity index (χ3n) is 3.74. The summed E-state index contributed by atoms with van der Waals surface area (Å²) in [5.41, 5.74) is 3.64. The van der Waals surface area contributed by atoms with Crippen LogP contribution in [0.2, 0.25) is 0 Å². The van der Waals surface area contributed by atoms with Gasteiger partial charge in [0.05, 0.1) is 16.5 Å². The second kappa shape index (κ2) is 4.36. The number of pyridine rings is 1. The SMILES string of the molecule is Cc1cc(F)c2c(sc3ccnn32)c1-c1cccc[n+]1C. The van der Waals surface area contributed by atoms with Crippen LogP contribution in [0.25, 0.3) is 26.3 Å². The molecule has 4 aromatic rings. The van der Waals surface area contributed by atoms with E-state index in [1.807, 2.05) is 38.4 Å². The highest BCUT2D eigenvalue weighted by atomic mass is 32.1. The van der Waals surface area contributed by atoms with E-state index in [9.17, 15) is 4.39 Å². The van der Waals surface area contributed by atoms with Crippen molar-refractivity contribution in [3.05, 3.63) is 54.1 Å². The molecule has 0 atom stereocenters. The van der Waals surface area contributed by atoms with Gasteiger partial charge in [-0.25, -0.2) is 13.5 Å². The average Bonchev–Trinajstić information content (AvgIpc) is 3.00. The molecule has 5 heteroatoms. The van der Waals surface area contributed by atoms with Crippen LogP contribution in [0.4, 0.5) is 4.39 Å². The van der Waals surface area contributed by atoms with Crippen LogP contribution in [-0.2, 0) is 7.05 Å². The third kappa shape index (κ3) is 1.70. The first kappa shape index (κ1) is 12.5. The van der Waals surface area contributed by atoms with E-state index in [1.165, 1.54) is 0 Å². The fourth-order valence-corrected chi connectivity index (χ4v) is 3.99. The molecule has 3 heterocycles. The number of nitrogens with zero attached hydrogens (tertiary/aromatic N) is 3. The molecule has 3 nitrogen and oxygen atoms in total. The van der Waals surface area contributed by atoms with Gasteiger partial charge in [0.25, 0.3) is 0 Å². The van der Waals surface area contributed by atoms with E-state index >= 15 is 0 Å². The summed E-state index contributed by atoms with van der Waals surface area (Å²) in [4.78, 5) is 0.953. The van der Waals surface area contributed by atoms with E-state index in [0.717, 1.165) is 26.4 Å². The molecule has 0 fully saturated rings. The first-order valence-electron chi connectivity index (χ1n) is 6.67. The quantitative estimate of drug-likeness (QED) is 0.493. The minimum Gasteiger partial charge on any atom is -0.219 e. The number of thiazole rings is 1. The zero-order valence-electron chi connectivity index (χ0n) is 11.7. The number of fused-ring (bicyclic) bond motifs is 3. The summed E-state index contributed by atoms with van der Waals surface area (Å²) in [5.74, 6) is -0.222. The van der Waals surface area contributed by atoms with Gasteiger partial charge in [-0.15, -0.1) is 11.3 Å². The molecule has 0 bridgehead atoms. The zero-order chi connectivity index (χ0) is 14.6. The van der Waals surface area contributed by atoms with Crippen LogP contribution in [0.1, 0.15) is 5.56 Å². The van der Waals surface area contributed by atoms with Crippen molar-refractivity contribution in [3.8, 4) is 11.3 Å². The van der Waals surface area contributed by atoms with Crippen LogP contribution in [0, 0.1) is 12.7 Å². The van der Waals surface area contributed by atoms with E-state index in [-0.39, 0.29) is 5.82 Å². The van der Waals surface area contributed by atoms with Crippen LogP contribution >= 0.6 is 11.3 Å². The molecule has 1 aromatic carbocycles. The van der Waals surface area contributed by atoms with Gasteiger partial charge < -0.3 is 0 Å². The Hall–Kier alpha value is -2.27. The van der Waals surface area contributed by atoms with Crippen molar-refractivity contribution in [1.29, 1.82) is 0 Å². The molecule has 0 spiro atoms. The van der Waals surface area contributed by atoms with Crippen LogP contribution in [0.3, 0.4) is 0 Å². The molecular weight excluding hydrogens is 285 g/mol. The summed E-state index contributed by atoms with van der Waals surface area (Å²) in [6.07, 6.45) is 3.70. The highest BCUT2D eigenvalue weighted by Gasteiger charge is 2.21. The van der Waals surface area contributed by atoms with Crippen molar-refractivity contribution >= 4 is 26.4 Å². The summed E-state index contributed by atoms with van der Waals surface area (Å²) >= 11 is 1.57. The number of hydrogen-bond acceptors (Lipinski definition) is 2. The summed E-state index contributed by atoms with van der Waals surface area (Å²) in [7, 11) is 2.00. The maximum atomic E-state index is 14.4. The Morgan fingerprint density at radius 2 is 2.14 bits per heavy atom. The van der Waals surface area contributed by atoms with E-state index in [1.54, 1.807) is 28.1 Å². The monoisotopic (exact) mass is 298 g/mol. The van der Waals surface area contributed by atoms with E-state index in [2.05, 4.69) is 15.7 Å². The van der Waals surface area contributed by atoms with E-state index in [4.69, 9.17) is 0 Å². The summed E-state index contributed by atoms with van der Waals surface area (Å²) in [6, 6.07) is 9.55. The van der Waals surface area contributed by atoms with Crippen molar-refractivity contribution in [3.63, 3.8) is 0 Å².